The Balaban J connectivity index is 1.80. The number of carbonyl (C=O) groups is 1. The quantitative estimate of drug-likeness (QED) is 0.396. The normalized spacial score (nSPS) is 11.4. The fourth-order valence-corrected chi connectivity index (χ4v) is 4.16. The smallest absolute Gasteiger partial charge is 0.319 e. The van der Waals surface area contributed by atoms with Crippen LogP contribution in [-0.2, 0) is 16.1 Å². The van der Waals surface area contributed by atoms with Gasteiger partial charge in [0.2, 0.25) is 0 Å². The van der Waals surface area contributed by atoms with Gasteiger partial charge in [0.05, 0.1) is 12.3 Å². The number of hydrogen-bond donors (Lipinski definition) is 1. The van der Waals surface area contributed by atoms with E-state index in [1.165, 1.54) is 11.8 Å². The Morgan fingerprint density at radius 2 is 1.91 bits per heavy atom. The van der Waals surface area contributed by atoms with E-state index in [1.54, 1.807) is 27.3 Å². The first-order valence-electron chi connectivity index (χ1n) is 10.1. The number of carboxylic acid groups (broad SMARTS) is 1. The van der Waals surface area contributed by atoms with Crippen molar-refractivity contribution in [3.63, 3.8) is 0 Å². The van der Waals surface area contributed by atoms with Gasteiger partial charge in [-0.1, -0.05) is 35.9 Å². The highest BCUT2D eigenvalue weighted by Gasteiger charge is 2.28. The lowest BCUT2D eigenvalue weighted by Crippen LogP contribution is -2.28. The van der Waals surface area contributed by atoms with Crippen molar-refractivity contribution < 1.29 is 14.6 Å². The molecule has 3 rings (SSSR count). The maximum atomic E-state index is 11.4. The average Bonchev–Trinajstić information content (AvgIpc) is 2.77. The molecule has 0 saturated heterocycles. The van der Waals surface area contributed by atoms with Gasteiger partial charge in [-0.3, -0.25) is 4.79 Å². The van der Waals surface area contributed by atoms with Gasteiger partial charge in [0.25, 0.3) is 0 Å². The Labute approximate surface area is 197 Å². The van der Waals surface area contributed by atoms with Crippen LogP contribution in [0, 0.1) is 0 Å². The summed E-state index contributed by atoms with van der Waals surface area (Å²) >= 11 is 7.47. The molecule has 0 aliphatic heterocycles. The maximum absolute atomic E-state index is 11.4. The molecule has 2 aromatic carbocycles. The van der Waals surface area contributed by atoms with Crippen LogP contribution in [0.15, 0.2) is 65.8 Å². The molecule has 32 heavy (non-hydrogen) atoms. The van der Waals surface area contributed by atoms with Crippen LogP contribution in [0.4, 0.5) is 5.82 Å². The lowest BCUT2D eigenvalue weighted by Gasteiger charge is -2.24. The van der Waals surface area contributed by atoms with E-state index < -0.39 is 10.7 Å². The number of benzene rings is 2. The Bertz CT molecular complexity index is 1060. The molecule has 0 aliphatic carbocycles. The van der Waals surface area contributed by atoms with Gasteiger partial charge < -0.3 is 14.7 Å². The highest BCUT2D eigenvalue weighted by atomic mass is 35.5. The summed E-state index contributed by atoms with van der Waals surface area (Å²) in [6.07, 6.45) is 1.55. The zero-order valence-electron chi connectivity index (χ0n) is 18.3. The van der Waals surface area contributed by atoms with Gasteiger partial charge in [0, 0.05) is 41.7 Å². The fourth-order valence-electron chi connectivity index (χ4n) is 3.02. The summed E-state index contributed by atoms with van der Waals surface area (Å²) in [5.41, 5.74) is 2.80. The second-order valence-corrected chi connectivity index (χ2v) is 9.88. The Hall–Kier alpha value is -2.61. The van der Waals surface area contributed by atoms with E-state index in [0.29, 0.717) is 24.7 Å². The number of aromatic nitrogens is 2. The fraction of sp³-hybridized carbons (Fsp3) is 0.292. The molecule has 8 heteroatoms. The number of nitrogens with zero attached hydrogens (tertiary/aromatic N) is 3. The molecule has 0 spiro atoms. The van der Waals surface area contributed by atoms with Crippen LogP contribution in [0.25, 0.3) is 11.3 Å². The van der Waals surface area contributed by atoms with Gasteiger partial charge in [-0.05, 0) is 43.7 Å². The van der Waals surface area contributed by atoms with E-state index >= 15 is 0 Å². The summed E-state index contributed by atoms with van der Waals surface area (Å²) in [5, 5.41) is 10.0. The number of methoxy groups -OCH3 is 1. The molecular weight excluding hydrogens is 446 g/mol. The van der Waals surface area contributed by atoms with Gasteiger partial charge in [-0.25, -0.2) is 9.97 Å². The standard InChI is InChI=1S/C24H26ClN3O3S/c1-24(2,23(29)30)32-20-9-7-17(8-10-20)15-28(11-12-31-3)22-14-21(26-16-27-22)18-5-4-6-19(25)13-18/h4-10,13-14,16H,11-12,15H2,1-3H3,(H,29,30). The molecule has 0 amide bonds. The summed E-state index contributed by atoms with van der Waals surface area (Å²) < 4.78 is 4.41. The van der Waals surface area contributed by atoms with Crippen molar-refractivity contribution >= 4 is 35.1 Å². The second kappa shape index (κ2) is 10.8. The van der Waals surface area contributed by atoms with Crippen molar-refractivity contribution in [2.24, 2.45) is 0 Å². The Kier molecular flexibility index (Phi) is 8.12. The van der Waals surface area contributed by atoms with Crippen LogP contribution in [0.2, 0.25) is 5.02 Å². The first-order valence-corrected chi connectivity index (χ1v) is 11.3. The molecule has 6 nitrogen and oxygen atoms in total. The number of halogens is 1. The van der Waals surface area contributed by atoms with Gasteiger partial charge >= 0.3 is 5.97 Å². The molecule has 0 unspecified atom stereocenters. The van der Waals surface area contributed by atoms with Gasteiger partial charge in [-0.15, -0.1) is 11.8 Å². The summed E-state index contributed by atoms with van der Waals surface area (Å²) in [5.74, 6) is -0.0472. The molecule has 3 aromatic rings. The van der Waals surface area contributed by atoms with Gasteiger partial charge in [-0.2, -0.15) is 0 Å². The largest absolute Gasteiger partial charge is 0.480 e. The molecule has 0 saturated carbocycles. The summed E-state index contributed by atoms with van der Waals surface area (Å²) in [7, 11) is 1.67. The first kappa shape index (κ1) is 24.0. The van der Waals surface area contributed by atoms with Crippen molar-refractivity contribution in [1.82, 2.24) is 9.97 Å². The van der Waals surface area contributed by atoms with Crippen LogP contribution in [0.1, 0.15) is 19.4 Å². The van der Waals surface area contributed by atoms with Crippen molar-refractivity contribution in [3.05, 3.63) is 71.5 Å². The van der Waals surface area contributed by atoms with Crippen molar-refractivity contribution in [3.8, 4) is 11.3 Å². The molecule has 0 atom stereocenters. The third kappa shape index (κ3) is 6.45. The minimum absolute atomic E-state index is 0.553. The van der Waals surface area contributed by atoms with E-state index in [2.05, 4.69) is 14.9 Å². The third-order valence-corrected chi connectivity index (χ3v) is 6.28. The van der Waals surface area contributed by atoms with E-state index in [9.17, 15) is 9.90 Å². The van der Waals surface area contributed by atoms with Crippen LogP contribution in [0.3, 0.4) is 0 Å². The minimum atomic E-state index is -0.885. The highest BCUT2D eigenvalue weighted by Crippen LogP contribution is 2.33. The van der Waals surface area contributed by atoms with Crippen molar-refractivity contribution in [1.29, 1.82) is 0 Å². The topological polar surface area (TPSA) is 75.5 Å². The van der Waals surface area contributed by atoms with E-state index in [-0.39, 0.29) is 0 Å². The molecular formula is C24H26ClN3O3S. The maximum Gasteiger partial charge on any atom is 0.319 e. The Morgan fingerprint density at radius 3 is 2.56 bits per heavy atom. The zero-order chi connectivity index (χ0) is 23.1. The predicted octanol–water partition coefficient (Wildman–Crippen LogP) is 5.41. The Morgan fingerprint density at radius 1 is 1.16 bits per heavy atom. The zero-order valence-corrected chi connectivity index (χ0v) is 19.9. The third-order valence-electron chi connectivity index (χ3n) is 4.85. The first-order chi connectivity index (χ1) is 15.3. The molecule has 0 fully saturated rings. The average molecular weight is 472 g/mol. The molecule has 0 bridgehead atoms. The molecule has 0 aliphatic rings. The predicted molar refractivity (Wildman–Crippen MR) is 129 cm³/mol. The minimum Gasteiger partial charge on any atom is -0.480 e. The van der Waals surface area contributed by atoms with Crippen LogP contribution < -0.4 is 4.90 Å². The highest BCUT2D eigenvalue weighted by molar-refractivity contribution is 8.01. The summed E-state index contributed by atoms with van der Waals surface area (Å²) in [4.78, 5) is 23.3. The lowest BCUT2D eigenvalue weighted by molar-refractivity contribution is -0.138. The molecule has 1 N–H and O–H groups in total. The number of anilines is 1. The lowest BCUT2D eigenvalue weighted by atomic mass is 10.1. The summed E-state index contributed by atoms with van der Waals surface area (Å²) in [6, 6.07) is 17.5. The van der Waals surface area contributed by atoms with Crippen molar-refractivity contribution in [2.75, 3.05) is 25.2 Å². The second-order valence-electron chi connectivity index (χ2n) is 7.75. The number of hydrogen-bond acceptors (Lipinski definition) is 6. The SMILES string of the molecule is COCCN(Cc1ccc(SC(C)(C)C(=O)O)cc1)c1cc(-c2cccc(Cl)c2)ncn1. The number of ether oxygens (including phenoxy) is 1. The van der Waals surface area contributed by atoms with E-state index in [1.807, 2.05) is 54.6 Å². The van der Waals surface area contributed by atoms with E-state index in [0.717, 1.165) is 27.5 Å². The van der Waals surface area contributed by atoms with Crippen molar-refractivity contribution in [2.45, 2.75) is 30.0 Å². The van der Waals surface area contributed by atoms with E-state index in [4.69, 9.17) is 16.3 Å². The molecule has 1 aromatic heterocycles. The number of rotatable bonds is 10. The van der Waals surface area contributed by atoms with Crippen LogP contribution >= 0.6 is 23.4 Å². The molecule has 0 radical (unpaired) electrons. The van der Waals surface area contributed by atoms with Gasteiger partial charge in [0.15, 0.2) is 0 Å². The molecule has 168 valence electrons. The number of carboxylic acids is 1. The number of thioether (sulfide) groups is 1. The molecule has 1 heterocycles. The van der Waals surface area contributed by atoms with Crippen LogP contribution in [-0.4, -0.2) is 46.1 Å². The van der Waals surface area contributed by atoms with Gasteiger partial charge in [0.1, 0.15) is 16.9 Å². The monoisotopic (exact) mass is 471 g/mol. The summed E-state index contributed by atoms with van der Waals surface area (Å²) in [6.45, 7) is 5.24. The van der Waals surface area contributed by atoms with Crippen LogP contribution in [0.5, 0.6) is 0 Å². The number of aliphatic carboxylic acids is 1.